The molecule has 0 bridgehead atoms. The highest BCUT2D eigenvalue weighted by Crippen LogP contribution is 2.38. The van der Waals surface area contributed by atoms with E-state index in [-0.39, 0.29) is 39.5 Å². The molecule has 0 amide bonds. The van der Waals surface area contributed by atoms with Crippen LogP contribution in [0.4, 0.5) is 30.6 Å². The van der Waals surface area contributed by atoms with Crippen LogP contribution >= 0.6 is 0 Å². The summed E-state index contributed by atoms with van der Waals surface area (Å²) in [6.45, 7) is 0.848. The van der Waals surface area contributed by atoms with Gasteiger partial charge in [-0.15, -0.1) is 0 Å². The van der Waals surface area contributed by atoms with E-state index in [9.17, 15) is 21.6 Å². The SMILES string of the molecule is COc1cc(S(C)(=O)=O)ccc1Nc1nc(NC2CCOC2)c2c(C(F)(F)F)c[nH]c2n1. The molecule has 1 aromatic carbocycles. The van der Waals surface area contributed by atoms with Crippen LogP contribution in [0.25, 0.3) is 11.0 Å². The molecule has 1 aliphatic rings. The maximum atomic E-state index is 13.5. The second-order valence-electron chi connectivity index (χ2n) is 7.28. The molecular formula is C19H20F3N5O4S. The number of H-pyrrole nitrogens is 1. The fourth-order valence-electron chi connectivity index (χ4n) is 3.38. The minimum Gasteiger partial charge on any atom is -0.495 e. The molecule has 2 aromatic heterocycles. The summed E-state index contributed by atoms with van der Waals surface area (Å²) in [5.74, 6) is 0.214. The Hall–Kier alpha value is -3.06. The molecule has 0 aliphatic carbocycles. The summed E-state index contributed by atoms with van der Waals surface area (Å²) in [7, 11) is -2.09. The Kier molecular flexibility index (Phi) is 5.63. The molecule has 1 unspecified atom stereocenters. The molecule has 1 atom stereocenters. The number of ether oxygens (including phenoxy) is 2. The van der Waals surface area contributed by atoms with Gasteiger partial charge in [0.1, 0.15) is 17.2 Å². The average molecular weight is 471 g/mol. The van der Waals surface area contributed by atoms with Crippen molar-refractivity contribution in [2.75, 3.05) is 37.2 Å². The van der Waals surface area contributed by atoms with Crippen LogP contribution in [0.1, 0.15) is 12.0 Å². The largest absolute Gasteiger partial charge is 0.495 e. The Morgan fingerprint density at radius 3 is 2.69 bits per heavy atom. The predicted octanol–water partition coefficient (Wildman–Crippen LogP) is 3.33. The van der Waals surface area contributed by atoms with E-state index in [1.165, 1.54) is 25.3 Å². The van der Waals surface area contributed by atoms with Gasteiger partial charge in [-0.05, 0) is 18.6 Å². The number of hydrogen-bond acceptors (Lipinski definition) is 8. The molecule has 3 aromatic rings. The van der Waals surface area contributed by atoms with Crippen LogP contribution in [-0.2, 0) is 20.8 Å². The molecule has 9 nitrogen and oxygen atoms in total. The van der Waals surface area contributed by atoms with Gasteiger partial charge in [-0.25, -0.2) is 8.42 Å². The third kappa shape index (κ3) is 4.43. The highest BCUT2D eigenvalue weighted by molar-refractivity contribution is 7.90. The van der Waals surface area contributed by atoms with Crippen molar-refractivity contribution in [3.8, 4) is 5.75 Å². The van der Waals surface area contributed by atoms with E-state index in [0.29, 0.717) is 25.3 Å². The van der Waals surface area contributed by atoms with E-state index in [1.807, 2.05) is 0 Å². The lowest BCUT2D eigenvalue weighted by molar-refractivity contribution is -0.136. The number of sulfone groups is 1. The number of benzene rings is 1. The molecule has 3 N–H and O–H groups in total. The van der Waals surface area contributed by atoms with Crippen molar-refractivity contribution in [1.82, 2.24) is 15.0 Å². The van der Waals surface area contributed by atoms with Gasteiger partial charge in [0, 0.05) is 25.1 Å². The average Bonchev–Trinajstić information content (AvgIpc) is 3.37. The summed E-state index contributed by atoms with van der Waals surface area (Å²) in [6.07, 6.45) is -2.05. The summed E-state index contributed by atoms with van der Waals surface area (Å²) in [5.41, 5.74) is -0.546. The van der Waals surface area contributed by atoms with E-state index in [4.69, 9.17) is 9.47 Å². The minimum absolute atomic E-state index is 0.0000968. The zero-order chi connectivity index (χ0) is 23.1. The zero-order valence-electron chi connectivity index (χ0n) is 17.1. The summed E-state index contributed by atoms with van der Waals surface area (Å²) >= 11 is 0. The van der Waals surface area contributed by atoms with Crippen molar-refractivity contribution in [2.45, 2.75) is 23.5 Å². The summed E-state index contributed by atoms with van der Waals surface area (Å²) < 4.78 is 74.7. The van der Waals surface area contributed by atoms with E-state index >= 15 is 0 Å². The first-order chi connectivity index (χ1) is 15.1. The van der Waals surface area contributed by atoms with Crippen LogP contribution < -0.4 is 15.4 Å². The normalized spacial score (nSPS) is 17.0. The number of rotatable bonds is 6. The molecule has 1 aliphatic heterocycles. The van der Waals surface area contributed by atoms with E-state index < -0.39 is 21.6 Å². The molecule has 172 valence electrons. The Balaban J connectivity index is 1.77. The molecule has 13 heteroatoms. The number of nitrogens with zero attached hydrogens (tertiary/aromatic N) is 2. The van der Waals surface area contributed by atoms with Gasteiger partial charge in [-0.3, -0.25) is 0 Å². The van der Waals surface area contributed by atoms with Crippen molar-refractivity contribution >= 4 is 38.3 Å². The minimum atomic E-state index is -4.59. The zero-order valence-corrected chi connectivity index (χ0v) is 17.9. The molecule has 3 heterocycles. The first kappa shape index (κ1) is 22.1. The van der Waals surface area contributed by atoms with Crippen molar-refractivity contribution in [3.63, 3.8) is 0 Å². The van der Waals surface area contributed by atoms with Crippen molar-refractivity contribution in [3.05, 3.63) is 30.0 Å². The summed E-state index contributed by atoms with van der Waals surface area (Å²) in [4.78, 5) is 11.0. The van der Waals surface area contributed by atoms with Crippen LogP contribution in [0.3, 0.4) is 0 Å². The lowest BCUT2D eigenvalue weighted by Gasteiger charge is -2.16. The van der Waals surface area contributed by atoms with Crippen LogP contribution in [0, 0.1) is 0 Å². The topological polar surface area (TPSA) is 118 Å². The lowest BCUT2D eigenvalue weighted by Crippen LogP contribution is -2.21. The van der Waals surface area contributed by atoms with Crippen LogP contribution in [0.2, 0.25) is 0 Å². The number of anilines is 3. The smallest absolute Gasteiger partial charge is 0.418 e. The summed E-state index contributed by atoms with van der Waals surface area (Å²) in [6, 6.07) is 3.99. The molecule has 0 spiro atoms. The van der Waals surface area contributed by atoms with Crippen LogP contribution in [0.15, 0.2) is 29.3 Å². The van der Waals surface area contributed by atoms with Gasteiger partial charge in [0.2, 0.25) is 5.95 Å². The first-order valence-electron chi connectivity index (χ1n) is 9.52. The maximum Gasteiger partial charge on any atom is 0.418 e. The van der Waals surface area contributed by atoms with Gasteiger partial charge < -0.3 is 25.1 Å². The van der Waals surface area contributed by atoms with Gasteiger partial charge in [0.05, 0.1) is 41.3 Å². The van der Waals surface area contributed by atoms with Gasteiger partial charge in [-0.2, -0.15) is 23.1 Å². The number of alkyl halides is 3. The van der Waals surface area contributed by atoms with Crippen molar-refractivity contribution in [1.29, 1.82) is 0 Å². The Morgan fingerprint density at radius 1 is 1.28 bits per heavy atom. The lowest BCUT2D eigenvalue weighted by atomic mass is 10.2. The first-order valence-corrected chi connectivity index (χ1v) is 11.4. The molecule has 1 fully saturated rings. The molecule has 0 radical (unpaired) electrons. The Morgan fingerprint density at radius 2 is 2.06 bits per heavy atom. The molecule has 1 saturated heterocycles. The highest BCUT2D eigenvalue weighted by Gasteiger charge is 2.36. The third-order valence-corrected chi connectivity index (χ3v) is 6.07. The third-order valence-electron chi connectivity index (χ3n) is 4.96. The Labute approximate surface area is 181 Å². The molecule has 32 heavy (non-hydrogen) atoms. The second kappa shape index (κ2) is 8.13. The van der Waals surface area contributed by atoms with Gasteiger partial charge >= 0.3 is 6.18 Å². The molecule has 4 rings (SSSR count). The summed E-state index contributed by atoms with van der Waals surface area (Å²) in [5, 5.41) is 5.74. The number of nitrogens with one attached hydrogen (secondary N) is 3. The van der Waals surface area contributed by atoms with Gasteiger partial charge in [0.25, 0.3) is 0 Å². The number of hydrogen-bond donors (Lipinski definition) is 3. The quantitative estimate of drug-likeness (QED) is 0.501. The number of methoxy groups -OCH3 is 1. The predicted molar refractivity (Wildman–Crippen MR) is 111 cm³/mol. The number of aromatic nitrogens is 3. The fourth-order valence-corrected chi connectivity index (χ4v) is 4.02. The van der Waals surface area contributed by atoms with E-state index in [0.717, 1.165) is 12.5 Å². The van der Waals surface area contributed by atoms with E-state index in [1.54, 1.807) is 0 Å². The van der Waals surface area contributed by atoms with Crippen LogP contribution in [-0.4, -0.2) is 56.0 Å². The number of aromatic amines is 1. The van der Waals surface area contributed by atoms with Crippen molar-refractivity contribution < 1.29 is 31.1 Å². The monoisotopic (exact) mass is 471 g/mol. The van der Waals surface area contributed by atoms with Gasteiger partial charge in [-0.1, -0.05) is 0 Å². The maximum absolute atomic E-state index is 13.5. The molecule has 0 saturated carbocycles. The van der Waals surface area contributed by atoms with Gasteiger partial charge in [0.15, 0.2) is 9.84 Å². The Bertz CT molecular complexity index is 1250. The molecular weight excluding hydrogens is 451 g/mol. The van der Waals surface area contributed by atoms with E-state index in [2.05, 4.69) is 25.6 Å². The standard InChI is InChI=1S/C19H20F3N5O4S/c1-30-14-7-11(32(2,28)29)3-4-13(14)25-18-26-16-15(12(8-23-16)19(20,21)22)17(27-18)24-10-5-6-31-9-10/h3-4,7-8,10H,5-6,9H2,1-2H3,(H3,23,24,25,26,27). The van der Waals surface area contributed by atoms with Crippen LogP contribution in [0.5, 0.6) is 5.75 Å². The van der Waals surface area contributed by atoms with Crippen molar-refractivity contribution in [2.24, 2.45) is 0 Å². The fraction of sp³-hybridized carbons (Fsp3) is 0.368. The second-order valence-corrected chi connectivity index (χ2v) is 9.30. The number of halogens is 3. The number of fused-ring (bicyclic) bond motifs is 1. The highest BCUT2D eigenvalue weighted by atomic mass is 32.2.